The zero-order chi connectivity index (χ0) is 23.7. The summed E-state index contributed by atoms with van der Waals surface area (Å²) in [5, 5.41) is 3.13. The number of hydrogen-bond donors (Lipinski definition) is 1. The molecule has 0 saturated carbocycles. The van der Waals surface area contributed by atoms with E-state index in [0.717, 1.165) is 40.0 Å². The lowest BCUT2D eigenvalue weighted by atomic mass is 9.53. The van der Waals surface area contributed by atoms with E-state index in [-0.39, 0.29) is 17.6 Å². The lowest BCUT2D eigenvalue weighted by Gasteiger charge is -2.48. The molecular weight excluding hydrogens is 422 g/mol. The number of aryl methyl sites for hydroxylation is 1. The highest BCUT2D eigenvalue weighted by atomic mass is 16.2. The van der Waals surface area contributed by atoms with Gasteiger partial charge in [0.05, 0.1) is 5.41 Å². The molecule has 2 heterocycles. The Morgan fingerprint density at radius 2 is 1.65 bits per heavy atom. The summed E-state index contributed by atoms with van der Waals surface area (Å²) >= 11 is 0. The van der Waals surface area contributed by atoms with Crippen LogP contribution in [0.15, 0.2) is 72.8 Å². The Bertz CT molecular complexity index is 1310. The van der Waals surface area contributed by atoms with Gasteiger partial charge in [0.1, 0.15) is 5.54 Å². The van der Waals surface area contributed by atoms with E-state index in [4.69, 9.17) is 0 Å². The summed E-state index contributed by atoms with van der Waals surface area (Å²) in [4.78, 5) is 32.9. The molecule has 2 aliphatic heterocycles. The van der Waals surface area contributed by atoms with E-state index in [2.05, 4.69) is 45.4 Å². The second-order valence-corrected chi connectivity index (χ2v) is 10.1. The molecule has 0 bridgehead atoms. The summed E-state index contributed by atoms with van der Waals surface area (Å²) in [6.45, 7) is 0.636. The number of rotatable bonds is 2. The number of hydrogen-bond acceptors (Lipinski definition) is 4. The summed E-state index contributed by atoms with van der Waals surface area (Å²) in [5.74, 6) is -0.102. The number of nitrogens with zero attached hydrogens (tertiary/aromatic N) is 2. The van der Waals surface area contributed by atoms with Crippen molar-refractivity contribution in [3.05, 3.63) is 95.1 Å². The van der Waals surface area contributed by atoms with Crippen LogP contribution in [0.2, 0.25) is 0 Å². The SMILES string of the molecule is CN(C)c1ccc([C@@H]2CN(C)[C@]3(C(=O)Nc4ccccc43)[C@]23CCc2ccccc2C3=O)cc1. The highest BCUT2D eigenvalue weighted by Crippen LogP contribution is 2.66. The summed E-state index contributed by atoms with van der Waals surface area (Å²) < 4.78 is 0. The number of likely N-dealkylation sites (tertiary alicyclic amines) is 1. The number of carbonyl (C=O) groups is 2. The maximum Gasteiger partial charge on any atom is 0.250 e. The number of benzene rings is 3. The Morgan fingerprint density at radius 1 is 0.941 bits per heavy atom. The molecule has 1 aliphatic carbocycles. The molecule has 1 saturated heterocycles. The maximum atomic E-state index is 14.6. The predicted molar refractivity (Wildman–Crippen MR) is 134 cm³/mol. The standard InChI is InChI=1S/C29H29N3O2/c1-31(2)21-14-12-20(13-15-21)24-18-32(3)29(23-10-6-7-11-25(23)30-27(29)34)28(24)17-16-19-8-4-5-9-22(19)26(28)33/h4-15,24H,16-18H2,1-3H3,(H,30,34)/t24-,28+,29+/m0/s1. The van der Waals surface area contributed by atoms with E-state index in [1.807, 2.05) is 63.6 Å². The van der Waals surface area contributed by atoms with Gasteiger partial charge in [0.2, 0.25) is 0 Å². The second-order valence-electron chi connectivity index (χ2n) is 10.1. The van der Waals surface area contributed by atoms with Crippen LogP contribution < -0.4 is 10.2 Å². The first-order chi connectivity index (χ1) is 16.4. The number of likely N-dealkylation sites (N-methyl/N-ethyl adjacent to an activating group) is 1. The zero-order valence-corrected chi connectivity index (χ0v) is 19.8. The van der Waals surface area contributed by atoms with Crippen molar-refractivity contribution in [1.82, 2.24) is 4.90 Å². The molecule has 3 atom stereocenters. The number of fused-ring (bicyclic) bond motifs is 4. The molecule has 3 aromatic rings. The first-order valence-corrected chi connectivity index (χ1v) is 11.9. The van der Waals surface area contributed by atoms with Gasteiger partial charge in [-0.15, -0.1) is 0 Å². The van der Waals surface area contributed by atoms with Crippen LogP contribution in [0.4, 0.5) is 11.4 Å². The molecule has 6 rings (SSSR count). The van der Waals surface area contributed by atoms with Gasteiger partial charge >= 0.3 is 0 Å². The third-order valence-corrected chi connectivity index (χ3v) is 8.43. The molecule has 1 N–H and O–H groups in total. The number of Topliss-reactive ketones (excluding diaryl/α,β-unsaturated/α-hetero) is 1. The number of carbonyl (C=O) groups excluding carboxylic acids is 2. The van der Waals surface area contributed by atoms with Crippen LogP contribution in [0.1, 0.15) is 39.4 Å². The van der Waals surface area contributed by atoms with Crippen molar-refractivity contribution in [2.24, 2.45) is 5.41 Å². The van der Waals surface area contributed by atoms with Crippen molar-refractivity contribution in [2.75, 3.05) is 37.9 Å². The number of anilines is 2. The number of amides is 1. The Kier molecular flexibility index (Phi) is 4.52. The number of para-hydroxylation sites is 1. The predicted octanol–water partition coefficient (Wildman–Crippen LogP) is 4.44. The molecule has 1 amide bonds. The largest absolute Gasteiger partial charge is 0.378 e. The first kappa shape index (κ1) is 21.1. The van der Waals surface area contributed by atoms with Crippen molar-refractivity contribution >= 4 is 23.1 Å². The maximum absolute atomic E-state index is 14.6. The minimum Gasteiger partial charge on any atom is -0.378 e. The van der Waals surface area contributed by atoms with E-state index in [0.29, 0.717) is 13.0 Å². The fourth-order valence-corrected chi connectivity index (χ4v) is 6.94. The van der Waals surface area contributed by atoms with Crippen LogP contribution >= 0.6 is 0 Å². The lowest BCUT2D eigenvalue weighted by Crippen LogP contribution is -2.60. The molecule has 3 aliphatic rings. The van der Waals surface area contributed by atoms with E-state index >= 15 is 0 Å². The molecule has 0 radical (unpaired) electrons. The van der Waals surface area contributed by atoms with Crippen LogP contribution in [0.3, 0.4) is 0 Å². The smallest absolute Gasteiger partial charge is 0.250 e. The lowest BCUT2D eigenvalue weighted by molar-refractivity contribution is -0.130. The van der Waals surface area contributed by atoms with Crippen LogP contribution in [0, 0.1) is 5.41 Å². The summed E-state index contributed by atoms with van der Waals surface area (Å²) in [6.07, 6.45) is 1.41. The van der Waals surface area contributed by atoms with Crippen LogP contribution in [-0.2, 0) is 16.8 Å². The van der Waals surface area contributed by atoms with Gasteiger partial charge in [0.15, 0.2) is 5.78 Å². The van der Waals surface area contributed by atoms with Gasteiger partial charge in [-0.3, -0.25) is 14.5 Å². The first-order valence-electron chi connectivity index (χ1n) is 11.9. The highest BCUT2D eigenvalue weighted by Gasteiger charge is 2.73. The van der Waals surface area contributed by atoms with Crippen LogP contribution in [0.25, 0.3) is 0 Å². The Labute approximate surface area is 200 Å². The molecule has 5 nitrogen and oxygen atoms in total. The Morgan fingerprint density at radius 3 is 2.41 bits per heavy atom. The monoisotopic (exact) mass is 451 g/mol. The Hall–Kier alpha value is -3.44. The van der Waals surface area contributed by atoms with Crippen molar-refractivity contribution in [3.63, 3.8) is 0 Å². The molecule has 34 heavy (non-hydrogen) atoms. The van der Waals surface area contributed by atoms with E-state index < -0.39 is 11.0 Å². The van der Waals surface area contributed by atoms with E-state index in [1.165, 1.54) is 0 Å². The van der Waals surface area contributed by atoms with Gasteiger partial charge in [0.25, 0.3) is 5.91 Å². The molecule has 3 aromatic carbocycles. The molecule has 1 fully saturated rings. The minimum atomic E-state index is -1.04. The van der Waals surface area contributed by atoms with Crippen LogP contribution in [-0.4, -0.2) is 44.3 Å². The highest BCUT2D eigenvalue weighted by molar-refractivity contribution is 6.15. The average Bonchev–Trinajstić information content (AvgIpc) is 3.30. The van der Waals surface area contributed by atoms with E-state index in [1.54, 1.807) is 0 Å². The molecule has 0 unspecified atom stereocenters. The van der Waals surface area contributed by atoms with Crippen molar-refractivity contribution < 1.29 is 9.59 Å². The Balaban J connectivity index is 1.62. The fourth-order valence-electron chi connectivity index (χ4n) is 6.94. The van der Waals surface area contributed by atoms with Gasteiger partial charge in [0, 0.05) is 49.1 Å². The third-order valence-electron chi connectivity index (χ3n) is 8.43. The van der Waals surface area contributed by atoms with Crippen molar-refractivity contribution in [2.45, 2.75) is 24.3 Å². The number of ketones is 1. The van der Waals surface area contributed by atoms with Gasteiger partial charge in [-0.2, -0.15) is 0 Å². The van der Waals surface area contributed by atoms with E-state index in [9.17, 15) is 9.59 Å². The number of nitrogens with one attached hydrogen (secondary N) is 1. The van der Waals surface area contributed by atoms with Gasteiger partial charge in [-0.25, -0.2) is 0 Å². The van der Waals surface area contributed by atoms with Crippen molar-refractivity contribution in [3.8, 4) is 0 Å². The summed E-state index contributed by atoms with van der Waals surface area (Å²) in [6, 6.07) is 24.3. The minimum absolute atomic E-state index is 0.0867. The van der Waals surface area contributed by atoms with Crippen LogP contribution in [0.5, 0.6) is 0 Å². The second kappa shape index (κ2) is 7.28. The molecular formula is C29H29N3O2. The third kappa shape index (κ3) is 2.48. The average molecular weight is 452 g/mol. The topological polar surface area (TPSA) is 52.6 Å². The fraction of sp³-hybridized carbons (Fsp3) is 0.310. The summed E-state index contributed by atoms with van der Waals surface area (Å²) in [5.41, 5.74) is 3.86. The van der Waals surface area contributed by atoms with Gasteiger partial charge in [-0.1, -0.05) is 54.6 Å². The quantitative estimate of drug-likeness (QED) is 0.626. The van der Waals surface area contributed by atoms with Crippen molar-refractivity contribution in [1.29, 1.82) is 0 Å². The molecule has 5 heteroatoms. The van der Waals surface area contributed by atoms with Gasteiger partial charge in [-0.05, 0) is 49.2 Å². The summed E-state index contributed by atoms with van der Waals surface area (Å²) in [7, 11) is 6.05. The zero-order valence-electron chi connectivity index (χ0n) is 19.8. The molecule has 172 valence electrons. The molecule has 0 aromatic heterocycles. The normalized spacial score (nSPS) is 27.7. The van der Waals surface area contributed by atoms with Gasteiger partial charge < -0.3 is 10.2 Å². The molecule has 2 spiro atoms.